The molecule has 2 aromatic rings. The Balaban J connectivity index is 2.55. The highest BCUT2D eigenvalue weighted by molar-refractivity contribution is 6.30. The maximum absolute atomic E-state index is 6.05. The van der Waals surface area contributed by atoms with Crippen LogP contribution in [0.1, 0.15) is 5.56 Å². The number of rotatable bonds is 3. The lowest BCUT2D eigenvalue weighted by atomic mass is 10.1. The van der Waals surface area contributed by atoms with Gasteiger partial charge in [-0.3, -0.25) is 0 Å². The molecule has 0 N–H and O–H groups in total. The second kappa shape index (κ2) is 4.68. The summed E-state index contributed by atoms with van der Waals surface area (Å²) in [5.74, 6) is 0.774. The Hall–Kier alpha value is -1.32. The topological polar surface area (TPSA) is 31.4 Å². The number of aromatic nitrogens is 1. The van der Waals surface area contributed by atoms with E-state index in [1.807, 2.05) is 24.3 Å². The lowest BCUT2D eigenvalue weighted by molar-refractivity contribution is 0.185. The third kappa shape index (κ3) is 2.10. The molecule has 0 unspecified atom stereocenters. The first kappa shape index (κ1) is 11.2. The fraction of sp³-hybridized carbons (Fsp3) is 0.250. The molecule has 0 radical (unpaired) electrons. The molecule has 0 bridgehead atoms. The minimum atomic E-state index is 0.466. The van der Waals surface area contributed by atoms with Gasteiger partial charge in [0.2, 0.25) is 0 Å². The molecule has 0 aliphatic carbocycles. The van der Waals surface area contributed by atoms with Gasteiger partial charge >= 0.3 is 0 Å². The Morgan fingerprint density at radius 3 is 2.75 bits per heavy atom. The van der Waals surface area contributed by atoms with Gasteiger partial charge in [-0.15, -0.1) is 0 Å². The van der Waals surface area contributed by atoms with Crippen LogP contribution in [-0.2, 0) is 11.3 Å². The van der Waals surface area contributed by atoms with Crippen LogP contribution in [0.15, 0.2) is 24.3 Å². The molecule has 0 spiro atoms. The third-order valence-electron chi connectivity index (χ3n) is 2.35. The summed E-state index contributed by atoms with van der Waals surface area (Å²) < 4.78 is 10.2. The smallest absolute Gasteiger partial charge is 0.135 e. The van der Waals surface area contributed by atoms with E-state index in [9.17, 15) is 0 Å². The van der Waals surface area contributed by atoms with E-state index < -0.39 is 0 Å². The number of pyridine rings is 1. The van der Waals surface area contributed by atoms with E-state index in [0.29, 0.717) is 11.8 Å². The van der Waals surface area contributed by atoms with Crippen LogP contribution in [0.4, 0.5) is 0 Å². The zero-order chi connectivity index (χ0) is 11.5. The van der Waals surface area contributed by atoms with Gasteiger partial charge < -0.3 is 9.47 Å². The van der Waals surface area contributed by atoms with Crippen LogP contribution < -0.4 is 4.74 Å². The number of nitrogens with zero attached hydrogens (tertiary/aromatic N) is 1. The molecule has 0 saturated heterocycles. The number of hydrogen-bond acceptors (Lipinski definition) is 3. The summed E-state index contributed by atoms with van der Waals surface area (Å²) in [5.41, 5.74) is 1.71. The maximum atomic E-state index is 6.05. The van der Waals surface area contributed by atoms with E-state index in [1.165, 1.54) is 0 Å². The SMILES string of the molecule is COCc1cc2ccc(OC)cc2nc1Cl. The Morgan fingerprint density at radius 2 is 2.06 bits per heavy atom. The monoisotopic (exact) mass is 237 g/mol. The van der Waals surface area contributed by atoms with Gasteiger partial charge in [0.05, 0.1) is 19.2 Å². The standard InChI is InChI=1S/C12H12ClNO2/c1-15-7-9-5-8-3-4-10(16-2)6-11(8)14-12(9)13/h3-6H,7H2,1-2H3. The average Bonchev–Trinajstić information content (AvgIpc) is 2.30. The van der Waals surface area contributed by atoms with Gasteiger partial charge in [0.15, 0.2) is 0 Å². The fourth-order valence-electron chi connectivity index (χ4n) is 1.55. The summed E-state index contributed by atoms with van der Waals surface area (Å²) in [5, 5.41) is 1.50. The molecule has 0 amide bonds. The average molecular weight is 238 g/mol. The van der Waals surface area contributed by atoms with Gasteiger partial charge in [-0.2, -0.15) is 0 Å². The van der Waals surface area contributed by atoms with Gasteiger partial charge in [-0.05, 0) is 18.2 Å². The fourth-order valence-corrected chi connectivity index (χ4v) is 1.75. The molecule has 0 aliphatic rings. The summed E-state index contributed by atoms with van der Waals surface area (Å²) >= 11 is 6.05. The molecule has 16 heavy (non-hydrogen) atoms. The summed E-state index contributed by atoms with van der Waals surface area (Å²) in [6.07, 6.45) is 0. The highest BCUT2D eigenvalue weighted by Crippen LogP contribution is 2.24. The predicted molar refractivity (Wildman–Crippen MR) is 64.0 cm³/mol. The van der Waals surface area contributed by atoms with Crippen LogP contribution in [0, 0.1) is 0 Å². The largest absolute Gasteiger partial charge is 0.497 e. The maximum Gasteiger partial charge on any atom is 0.135 e. The van der Waals surface area contributed by atoms with Crippen molar-refractivity contribution >= 4 is 22.5 Å². The molecule has 3 nitrogen and oxygen atoms in total. The van der Waals surface area contributed by atoms with Crippen LogP contribution in [0.5, 0.6) is 5.75 Å². The molecular weight excluding hydrogens is 226 g/mol. The van der Waals surface area contributed by atoms with E-state index in [0.717, 1.165) is 22.2 Å². The molecule has 84 valence electrons. The van der Waals surface area contributed by atoms with E-state index in [2.05, 4.69) is 4.98 Å². The molecule has 1 aromatic heterocycles. The lowest BCUT2D eigenvalue weighted by Crippen LogP contribution is -1.93. The van der Waals surface area contributed by atoms with Crippen LogP contribution in [0.2, 0.25) is 5.15 Å². The number of methoxy groups -OCH3 is 2. The third-order valence-corrected chi connectivity index (χ3v) is 2.68. The molecule has 1 aromatic carbocycles. The number of hydrogen-bond donors (Lipinski definition) is 0. The molecule has 0 saturated carbocycles. The van der Waals surface area contributed by atoms with Crippen LogP contribution in [0.3, 0.4) is 0 Å². The van der Waals surface area contributed by atoms with Gasteiger partial charge in [0.25, 0.3) is 0 Å². The molecule has 0 fully saturated rings. The van der Waals surface area contributed by atoms with E-state index in [-0.39, 0.29) is 0 Å². The first-order chi connectivity index (χ1) is 7.74. The predicted octanol–water partition coefficient (Wildman–Crippen LogP) is 3.04. The quantitative estimate of drug-likeness (QED) is 0.769. The molecule has 0 atom stereocenters. The Morgan fingerprint density at radius 1 is 1.25 bits per heavy atom. The van der Waals surface area contributed by atoms with Gasteiger partial charge in [0.1, 0.15) is 10.9 Å². The second-order valence-electron chi connectivity index (χ2n) is 3.43. The van der Waals surface area contributed by atoms with Crippen molar-refractivity contribution in [2.75, 3.05) is 14.2 Å². The van der Waals surface area contributed by atoms with Gasteiger partial charge in [-0.25, -0.2) is 4.98 Å². The summed E-state index contributed by atoms with van der Waals surface area (Å²) in [4.78, 5) is 4.31. The van der Waals surface area contributed by atoms with Gasteiger partial charge in [-0.1, -0.05) is 11.6 Å². The minimum Gasteiger partial charge on any atom is -0.497 e. The number of benzene rings is 1. The van der Waals surface area contributed by atoms with E-state index in [4.69, 9.17) is 21.1 Å². The normalized spacial score (nSPS) is 10.7. The van der Waals surface area contributed by atoms with Crippen LogP contribution >= 0.6 is 11.6 Å². The Bertz CT molecular complexity index is 514. The molecule has 0 aliphatic heterocycles. The highest BCUT2D eigenvalue weighted by Gasteiger charge is 2.05. The van der Waals surface area contributed by atoms with Crippen LogP contribution in [0.25, 0.3) is 10.9 Å². The summed E-state index contributed by atoms with van der Waals surface area (Å²) in [7, 11) is 3.26. The summed E-state index contributed by atoms with van der Waals surface area (Å²) in [6.45, 7) is 0.466. The zero-order valence-electron chi connectivity index (χ0n) is 9.16. The number of fused-ring (bicyclic) bond motifs is 1. The van der Waals surface area contributed by atoms with Crippen molar-refractivity contribution in [3.8, 4) is 5.75 Å². The van der Waals surface area contributed by atoms with E-state index >= 15 is 0 Å². The highest BCUT2D eigenvalue weighted by atomic mass is 35.5. The van der Waals surface area contributed by atoms with Crippen molar-refractivity contribution in [2.24, 2.45) is 0 Å². The molecule has 2 rings (SSSR count). The Labute approximate surface area is 99.0 Å². The van der Waals surface area contributed by atoms with Crippen molar-refractivity contribution < 1.29 is 9.47 Å². The first-order valence-corrected chi connectivity index (χ1v) is 5.24. The second-order valence-corrected chi connectivity index (χ2v) is 3.79. The van der Waals surface area contributed by atoms with Crippen molar-refractivity contribution in [3.05, 3.63) is 35.0 Å². The van der Waals surface area contributed by atoms with Crippen molar-refractivity contribution in [1.82, 2.24) is 4.98 Å². The van der Waals surface area contributed by atoms with Crippen LogP contribution in [-0.4, -0.2) is 19.2 Å². The number of halogens is 1. The molecule has 4 heteroatoms. The lowest BCUT2D eigenvalue weighted by Gasteiger charge is -2.06. The van der Waals surface area contributed by atoms with Gasteiger partial charge in [0, 0.05) is 24.1 Å². The first-order valence-electron chi connectivity index (χ1n) is 4.86. The minimum absolute atomic E-state index is 0.466. The van der Waals surface area contributed by atoms with Crippen molar-refractivity contribution in [3.63, 3.8) is 0 Å². The van der Waals surface area contributed by atoms with Crippen molar-refractivity contribution in [2.45, 2.75) is 6.61 Å². The zero-order valence-corrected chi connectivity index (χ0v) is 9.91. The molecule has 1 heterocycles. The van der Waals surface area contributed by atoms with Crippen molar-refractivity contribution in [1.29, 1.82) is 0 Å². The molecular formula is C12H12ClNO2. The van der Waals surface area contributed by atoms with E-state index in [1.54, 1.807) is 14.2 Å². The Kier molecular flexibility index (Phi) is 3.27. The number of ether oxygens (including phenoxy) is 2. The summed E-state index contributed by atoms with van der Waals surface area (Å²) in [6, 6.07) is 7.69.